The summed E-state index contributed by atoms with van der Waals surface area (Å²) in [6.45, 7) is 1.96. The molecule has 0 bridgehead atoms. The molecule has 0 aliphatic heterocycles. The molecule has 1 heterocycles. The zero-order valence-electron chi connectivity index (χ0n) is 22.6. The summed E-state index contributed by atoms with van der Waals surface area (Å²) >= 11 is 0. The SMILES string of the molecule is C[C@H](OCc1ccccc1)[C@@H](NC(=O)OCC1c2ccccc2-c2ccccc21)C(=O)Nc1cc(C(=O)O)n(C)n1. The van der Waals surface area contributed by atoms with Crippen molar-refractivity contribution in [3.8, 4) is 11.1 Å². The van der Waals surface area contributed by atoms with E-state index in [4.69, 9.17) is 9.47 Å². The monoisotopic (exact) mass is 554 g/mol. The number of alkyl carbamates (subject to hydrolysis) is 1. The number of nitrogens with one attached hydrogen (secondary N) is 2. The van der Waals surface area contributed by atoms with Gasteiger partial charge in [-0.25, -0.2) is 9.59 Å². The lowest BCUT2D eigenvalue weighted by atomic mass is 9.98. The van der Waals surface area contributed by atoms with Gasteiger partial charge in [0.15, 0.2) is 5.82 Å². The number of hydrogen-bond donors (Lipinski definition) is 3. The normalized spacial score (nSPS) is 13.5. The Balaban J connectivity index is 1.29. The first-order valence-corrected chi connectivity index (χ1v) is 13.2. The molecule has 41 heavy (non-hydrogen) atoms. The molecule has 10 nitrogen and oxygen atoms in total. The highest BCUT2D eigenvalue weighted by molar-refractivity contribution is 5.97. The van der Waals surface area contributed by atoms with Gasteiger partial charge in [0.2, 0.25) is 0 Å². The predicted octanol–water partition coefficient (Wildman–Crippen LogP) is 4.57. The van der Waals surface area contributed by atoms with E-state index in [0.717, 1.165) is 32.5 Å². The van der Waals surface area contributed by atoms with Crippen molar-refractivity contribution in [2.45, 2.75) is 31.6 Å². The fourth-order valence-corrected chi connectivity index (χ4v) is 4.99. The Morgan fingerprint density at radius 2 is 1.56 bits per heavy atom. The average Bonchev–Trinajstić information content (AvgIpc) is 3.51. The summed E-state index contributed by atoms with van der Waals surface area (Å²) < 4.78 is 12.7. The number of carboxylic acids is 1. The van der Waals surface area contributed by atoms with Crippen LogP contribution in [-0.2, 0) is 27.9 Å². The molecule has 0 saturated carbocycles. The number of carbonyl (C=O) groups excluding carboxylic acids is 2. The van der Waals surface area contributed by atoms with Crippen LogP contribution in [0, 0.1) is 0 Å². The lowest BCUT2D eigenvalue weighted by Crippen LogP contribution is -2.51. The minimum absolute atomic E-state index is 0.0319. The van der Waals surface area contributed by atoms with E-state index in [1.807, 2.05) is 78.9 Å². The van der Waals surface area contributed by atoms with Crippen LogP contribution in [0.5, 0.6) is 0 Å². The number of aromatic nitrogens is 2. The van der Waals surface area contributed by atoms with Gasteiger partial charge in [-0.1, -0.05) is 78.9 Å². The van der Waals surface area contributed by atoms with Crippen molar-refractivity contribution in [1.29, 1.82) is 0 Å². The Hall–Kier alpha value is -4.96. The van der Waals surface area contributed by atoms with Crippen molar-refractivity contribution in [1.82, 2.24) is 15.1 Å². The van der Waals surface area contributed by atoms with Crippen LogP contribution in [0.2, 0.25) is 0 Å². The van der Waals surface area contributed by atoms with E-state index >= 15 is 0 Å². The van der Waals surface area contributed by atoms with Gasteiger partial charge in [-0.05, 0) is 34.7 Å². The summed E-state index contributed by atoms with van der Waals surface area (Å²) in [6.07, 6.45) is -1.55. The molecule has 0 unspecified atom stereocenters. The zero-order chi connectivity index (χ0) is 28.9. The third-order valence-electron chi connectivity index (χ3n) is 7.07. The summed E-state index contributed by atoms with van der Waals surface area (Å²) in [5.74, 6) is -1.93. The Bertz CT molecular complexity index is 1520. The number of carbonyl (C=O) groups is 3. The number of anilines is 1. The number of amides is 2. The quantitative estimate of drug-likeness (QED) is 0.262. The number of aryl methyl sites for hydroxylation is 1. The second-order valence-corrected chi connectivity index (χ2v) is 9.78. The number of fused-ring (bicyclic) bond motifs is 3. The van der Waals surface area contributed by atoms with Gasteiger partial charge in [0.05, 0.1) is 12.7 Å². The van der Waals surface area contributed by atoms with E-state index in [2.05, 4.69) is 15.7 Å². The third kappa shape index (κ3) is 6.12. The molecule has 0 saturated heterocycles. The Kier molecular flexibility index (Phi) is 8.11. The maximum Gasteiger partial charge on any atom is 0.407 e. The molecule has 3 N–H and O–H groups in total. The first-order valence-electron chi connectivity index (χ1n) is 13.2. The zero-order valence-corrected chi connectivity index (χ0v) is 22.6. The van der Waals surface area contributed by atoms with Crippen LogP contribution in [0.25, 0.3) is 11.1 Å². The number of carboxylic acid groups (broad SMARTS) is 1. The number of nitrogens with zero attached hydrogens (tertiary/aromatic N) is 2. The van der Waals surface area contributed by atoms with Crippen LogP contribution in [-0.4, -0.2) is 51.6 Å². The molecule has 4 aromatic rings. The Morgan fingerprint density at radius 3 is 2.17 bits per heavy atom. The molecule has 1 aliphatic carbocycles. The van der Waals surface area contributed by atoms with Crippen LogP contribution in [0.4, 0.5) is 10.6 Å². The fourth-order valence-electron chi connectivity index (χ4n) is 4.99. The van der Waals surface area contributed by atoms with Gasteiger partial charge in [-0.3, -0.25) is 9.48 Å². The Labute approximate surface area is 236 Å². The summed E-state index contributed by atoms with van der Waals surface area (Å²) in [4.78, 5) is 37.8. The van der Waals surface area contributed by atoms with Gasteiger partial charge in [-0.2, -0.15) is 5.10 Å². The van der Waals surface area contributed by atoms with Gasteiger partial charge in [0, 0.05) is 19.0 Å². The molecule has 0 radical (unpaired) electrons. The summed E-state index contributed by atoms with van der Waals surface area (Å²) in [5, 5.41) is 18.6. The van der Waals surface area contributed by atoms with Crippen LogP contribution in [0.15, 0.2) is 84.9 Å². The average molecular weight is 555 g/mol. The van der Waals surface area contributed by atoms with Gasteiger partial charge in [0.25, 0.3) is 5.91 Å². The highest BCUT2D eigenvalue weighted by Gasteiger charge is 2.32. The molecule has 5 rings (SSSR count). The molecule has 210 valence electrons. The van der Waals surface area contributed by atoms with E-state index in [1.54, 1.807) is 6.92 Å². The van der Waals surface area contributed by atoms with Crippen LogP contribution >= 0.6 is 0 Å². The second kappa shape index (κ2) is 12.1. The largest absolute Gasteiger partial charge is 0.477 e. The van der Waals surface area contributed by atoms with E-state index in [-0.39, 0.29) is 30.6 Å². The van der Waals surface area contributed by atoms with E-state index in [9.17, 15) is 19.5 Å². The van der Waals surface area contributed by atoms with E-state index in [0.29, 0.717) is 0 Å². The van der Waals surface area contributed by atoms with E-state index < -0.39 is 30.1 Å². The number of ether oxygens (including phenoxy) is 2. The number of aromatic carboxylic acids is 1. The molecule has 2 atom stereocenters. The van der Waals surface area contributed by atoms with Gasteiger partial charge < -0.3 is 25.2 Å². The fraction of sp³-hybridized carbons (Fsp3) is 0.226. The van der Waals surface area contributed by atoms with Crippen molar-refractivity contribution < 1.29 is 29.0 Å². The molecular formula is C31H30N4O6. The lowest BCUT2D eigenvalue weighted by molar-refractivity contribution is -0.122. The molecule has 1 aromatic heterocycles. The van der Waals surface area contributed by atoms with Crippen molar-refractivity contribution in [2.24, 2.45) is 7.05 Å². The van der Waals surface area contributed by atoms with Gasteiger partial charge in [0.1, 0.15) is 18.3 Å². The summed E-state index contributed by atoms with van der Waals surface area (Å²) in [7, 11) is 1.46. The van der Waals surface area contributed by atoms with Crippen molar-refractivity contribution >= 4 is 23.8 Å². The molecule has 2 amide bonds. The van der Waals surface area contributed by atoms with Crippen molar-refractivity contribution in [2.75, 3.05) is 11.9 Å². The van der Waals surface area contributed by atoms with E-state index in [1.165, 1.54) is 13.1 Å². The van der Waals surface area contributed by atoms with Gasteiger partial charge >= 0.3 is 12.1 Å². The summed E-state index contributed by atoms with van der Waals surface area (Å²) in [6, 6.07) is 25.5. The summed E-state index contributed by atoms with van der Waals surface area (Å²) in [5.41, 5.74) is 5.14. The predicted molar refractivity (Wildman–Crippen MR) is 151 cm³/mol. The van der Waals surface area contributed by atoms with Crippen LogP contribution < -0.4 is 10.6 Å². The lowest BCUT2D eigenvalue weighted by Gasteiger charge is -2.24. The van der Waals surface area contributed by atoms with Gasteiger partial charge in [-0.15, -0.1) is 0 Å². The third-order valence-corrected chi connectivity index (χ3v) is 7.07. The minimum atomic E-state index is -1.19. The number of rotatable bonds is 10. The van der Waals surface area contributed by atoms with Crippen LogP contribution in [0.3, 0.4) is 0 Å². The maximum absolute atomic E-state index is 13.3. The van der Waals surface area contributed by atoms with Crippen LogP contribution in [0.1, 0.15) is 40.0 Å². The molecule has 0 fully saturated rings. The first kappa shape index (κ1) is 27.6. The smallest absolute Gasteiger partial charge is 0.407 e. The molecule has 3 aromatic carbocycles. The first-order chi connectivity index (χ1) is 19.8. The van der Waals surface area contributed by atoms with Crippen molar-refractivity contribution in [3.05, 3.63) is 107 Å². The second-order valence-electron chi connectivity index (χ2n) is 9.78. The highest BCUT2D eigenvalue weighted by atomic mass is 16.5. The molecule has 10 heteroatoms. The molecule has 0 spiro atoms. The minimum Gasteiger partial charge on any atom is -0.477 e. The highest BCUT2D eigenvalue weighted by Crippen LogP contribution is 2.44. The maximum atomic E-state index is 13.3. The topological polar surface area (TPSA) is 132 Å². The molecular weight excluding hydrogens is 524 g/mol. The molecule has 1 aliphatic rings. The number of benzene rings is 3. The standard InChI is InChI=1S/C31H30N4O6/c1-19(40-17-20-10-4-3-5-11-20)28(29(36)32-27-16-26(30(37)38)35(2)34-27)33-31(39)41-18-25-23-14-8-6-12-21(23)22-13-7-9-15-24(22)25/h3-16,19,25,28H,17-18H2,1-2H3,(H,33,39)(H,37,38)(H,32,34,36)/t19-,28+/m0/s1. The number of hydrogen-bond acceptors (Lipinski definition) is 6. The Morgan fingerprint density at radius 1 is 0.951 bits per heavy atom. The van der Waals surface area contributed by atoms with Crippen molar-refractivity contribution in [3.63, 3.8) is 0 Å².